The maximum Gasteiger partial charge on any atom is 0.224 e. The number of rotatable bonds is 5. The van der Waals surface area contributed by atoms with Crippen LogP contribution in [0, 0.1) is 0 Å². The number of nitrogens with two attached hydrogens (primary N) is 1. The molecule has 1 aromatic heterocycles. The highest BCUT2D eigenvalue weighted by atomic mass is 16.5. The van der Waals surface area contributed by atoms with E-state index in [4.69, 9.17) is 15.2 Å². The van der Waals surface area contributed by atoms with E-state index in [0.717, 1.165) is 0 Å². The molecule has 0 spiro atoms. The molecule has 6 nitrogen and oxygen atoms in total. The van der Waals surface area contributed by atoms with E-state index in [1.54, 1.807) is 19.2 Å². The van der Waals surface area contributed by atoms with Crippen LogP contribution < -0.4 is 10.5 Å². The fraction of sp³-hybridized carbons (Fsp3) is 0.231. The van der Waals surface area contributed by atoms with Crippen LogP contribution in [0.2, 0.25) is 0 Å². The number of benzene rings is 1. The molecule has 0 unspecified atom stereocenters. The van der Waals surface area contributed by atoms with Crippen molar-refractivity contribution < 1.29 is 14.6 Å². The molecule has 0 fully saturated rings. The lowest BCUT2D eigenvalue weighted by molar-refractivity contribution is 0.177. The van der Waals surface area contributed by atoms with Gasteiger partial charge in [-0.05, 0) is 6.07 Å². The molecule has 1 aromatic carbocycles. The molecule has 100 valence electrons. The Labute approximate surface area is 110 Å². The molecular formula is C13H15N3O3. The van der Waals surface area contributed by atoms with Gasteiger partial charge in [-0.1, -0.05) is 18.2 Å². The molecule has 0 aliphatic rings. The quantitative estimate of drug-likeness (QED) is 0.847. The third-order valence-electron chi connectivity index (χ3n) is 2.40. The van der Waals surface area contributed by atoms with Gasteiger partial charge in [0.1, 0.15) is 18.2 Å². The highest BCUT2D eigenvalue weighted by molar-refractivity contribution is 5.39. The fourth-order valence-corrected chi connectivity index (χ4v) is 1.58. The van der Waals surface area contributed by atoms with Crippen molar-refractivity contribution in [3.05, 3.63) is 41.7 Å². The second-order valence-electron chi connectivity index (χ2n) is 3.85. The maximum absolute atomic E-state index is 9.23. The SMILES string of the molecule is COCc1nc(N)cc(Oc2ccccc2CO)n1. The van der Waals surface area contributed by atoms with Crippen LogP contribution >= 0.6 is 0 Å². The first-order chi connectivity index (χ1) is 9.22. The Hall–Kier alpha value is -2.18. The standard InChI is InChI=1S/C13H15N3O3/c1-18-8-12-15-11(14)6-13(16-12)19-10-5-3-2-4-9(10)7-17/h2-6,17H,7-8H2,1H3,(H2,14,15,16). The number of ether oxygens (including phenoxy) is 2. The number of aliphatic hydroxyl groups excluding tert-OH is 1. The van der Waals surface area contributed by atoms with Crippen LogP contribution in [0.25, 0.3) is 0 Å². The predicted molar refractivity (Wildman–Crippen MR) is 69.6 cm³/mol. The first kappa shape index (κ1) is 13.3. The van der Waals surface area contributed by atoms with Crippen molar-refractivity contribution in [1.82, 2.24) is 9.97 Å². The molecule has 2 rings (SSSR count). The molecule has 2 aromatic rings. The Morgan fingerprint density at radius 1 is 1.26 bits per heavy atom. The minimum Gasteiger partial charge on any atom is -0.438 e. The number of aliphatic hydroxyl groups is 1. The molecule has 0 aliphatic carbocycles. The largest absolute Gasteiger partial charge is 0.438 e. The smallest absolute Gasteiger partial charge is 0.224 e. The zero-order chi connectivity index (χ0) is 13.7. The summed E-state index contributed by atoms with van der Waals surface area (Å²) in [7, 11) is 1.55. The van der Waals surface area contributed by atoms with Crippen molar-refractivity contribution >= 4 is 5.82 Å². The minimum atomic E-state index is -0.109. The monoisotopic (exact) mass is 261 g/mol. The Bertz CT molecular complexity index is 561. The number of methoxy groups -OCH3 is 1. The van der Waals surface area contributed by atoms with Crippen molar-refractivity contribution in [3.63, 3.8) is 0 Å². The van der Waals surface area contributed by atoms with Gasteiger partial charge in [-0.25, -0.2) is 4.98 Å². The van der Waals surface area contributed by atoms with Gasteiger partial charge in [-0.15, -0.1) is 0 Å². The van der Waals surface area contributed by atoms with Crippen molar-refractivity contribution in [1.29, 1.82) is 0 Å². The third-order valence-corrected chi connectivity index (χ3v) is 2.40. The Kier molecular flexibility index (Phi) is 4.27. The van der Waals surface area contributed by atoms with Crippen LogP contribution in [-0.4, -0.2) is 22.2 Å². The molecule has 1 heterocycles. The van der Waals surface area contributed by atoms with Gasteiger partial charge in [0.25, 0.3) is 0 Å². The van der Waals surface area contributed by atoms with Crippen LogP contribution in [0.3, 0.4) is 0 Å². The van der Waals surface area contributed by atoms with Crippen LogP contribution in [0.5, 0.6) is 11.6 Å². The lowest BCUT2D eigenvalue weighted by Gasteiger charge is -2.10. The fourth-order valence-electron chi connectivity index (χ4n) is 1.58. The lowest BCUT2D eigenvalue weighted by Crippen LogP contribution is -2.03. The van der Waals surface area contributed by atoms with Crippen molar-refractivity contribution in [2.24, 2.45) is 0 Å². The van der Waals surface area contributed by atoms with Gasteiger partial charge >= 0.3 is 0 Å². The number of hydrogen-bond donors (Lipinski definition) is 2. The molecule has 0 atom stereocenters. The maximum atomic E-state index is 9.23. The summed E-state index contributed by atoms with van der Waals surface area (Å²) in [5, 5.41) is 9.23. The number of para-hydroxylation sites is 1. The van der Waals surface area contributed by atoms with Gasteiger partial charge in [0.15, 0.2) is 5.82 Å². The molecule has 3 N–H and O–H groups in total. The second kappa shape index (κ2) is 6.12. The van der Waals surface area contributed by atoms with Crippen molar-refractivity contribution in [2.75, 3.05) is 12.8 Å². The number of nitrogen functional groups attached to an aromatic ring is 1. The normalized spacial score (nSPS) is 10.4. The predicted octanol–water partition coefficient (Wildman–Crippen LogP) is 1.49. The zero-order valence-electron chi connectivity index (χ0n) is 10.5. The third kappa shape index (κ3) is 3.40. The highest BCUT2D eigenvalue weighted by Gasteiger charge is 2.07. The van der Waals surface area contributed by atoms with E-state index in [1.807, 2.05) is 12.1 Å². The Morgan fingerprint density at radius 2 is 2.05 bits per heavy atom. The molecule has 0 saturated heterocycles. The van der Waals surface area contributed by atoms with Gasteiger partial charge in [-0.2, -0.15) is 4.98 Å². The molecule has 0 saturated carbocycles. The van der Waals surface area contributed by atoms with E-state index in [0.29, 0.717) is 28.8 Å². The van der Waals surface area contributed by atoms with Gasteiger partial charge in [0.2, 0.25) is 5.88 Å². The van der Waals surface area contributed by atoms with Crippen LogP contribution in [0.4, 0.5) is 5.82 Å². The average molecular weight is 261 g/mol. The summed E-state index contributed by atoms with van der Waals surface area (Å²) in [5.74, 6) is 1.60. The molecule has 0 bridgehead atoms. The van der Waals surface area contributed by atoms with Gasteiger partial charge in [-0.3, -0.25) is 0 Å². The molecular weight excluding hydrogens is 246 g/mol. The molecule has 19 heavy (non-hydrogen) atoms. The van der Waals surface area contributed by atoms with E-state index in [1.165, 1.54) is 6.07 Å². The highest BCUT2D eigenvalue weighted by Crippen LogP contribution is 2.24. The summed E-state index contributed by atoms with van der Waals surface area (Å²) in [6.45, 7) is 0.144. The molecule has 0 amide bonds. The Balaban J connectivity index is 2.27. The number of nitrogens with zero attached hydrogens (tertiary/aromatic N) is 2. The van der Waals surface area contributed by atoms with E-state index in [-0.39, 0.29) is 13.2 Å². The first-order valence-corrected chi connectivity index (χ1v) is 5.72. The van der Waals surface area contributed by atoms with Crippen molar-refractivity contribution in [3.8, 4) is 11.6 Å². The lowest BCUT2D eigenvalue weighted by atomic mass is 10.2. The number of anilines is 1. The van der Waals surface area contributed by atoms with E-state index < -0.39 is 0 Å². The van der Waals surface area contributed by atoms with Crippen molar-refractivity contribution in [2.45, 2.75) is 13.2 Å². The van der Waals surface area contributed by atoms with Gasteiger partial charge in [0.05, 0.1) is 6.61 Å². The summed E-state index contributed by atoms with van der Waals surface area (Å²) >= 11 is 0. The average Bonchev–Trinajstić information content (AvgIpc) is 2.39. The topological polar surface area (TPSA) is 90.5 Å². The summed E-state index contributed by atoms with van der Waals surface area (Å²) in [5.41, 5.74) is 6.35. The number of aromatic nitrogens is 2. The van der Waals surface area contributed by atoms with Crippen LogP contribution in [-0.2, 0) is 18.0 Å². The molecule has 0 aliphatic heterocycles. The molecule has 6 heteroatoms. The Morgan fingerprint density at radius 3 is 2.79 bits per heavy atom. The molecule has 0 radical (unpaired) electrons. The van der Waals surface area contributed by atoms with E-state index in [9.17, 15) is 5.11 Å². The van der Waals surface area contributed by atoms with E-state index in [2.05, 4.69) is 9.97 Å². The summed E-state index contributed by atoms with van der Waals surface area (Å²) < 4.78 is 10.6. The minimum absolute atomic E-state index is 0.109. The summed E-state index contributed by atoms with van der Waals surface area (Å²) in [4.78, 5) is 8.19. The van der Waals surface area contributed by atoms with Crippen LogP contribution in [0.15, 0.2) is 30.3 Å². The zero-order valence-corrected chi connectivity index (χ0v) is 10.5. The van der Waals surface area contributed by atoms with Gasteiger partial charge in [0, 0.05) is 18.7 Å². The van der Waals surface area contributed by atoms with Gasteiger partial charge < -0.3 is 20.3 Å². The summed E-state index contributed by atoms with van der Waals surface area (Å²) in [6, 6.07) is 8.68. The first-order valence-electron chi connectivity index (χ1n) is 5.72. The van der Waals surface area contributed by atoms with Crippen LogP contribution in [0.1, 0.15) is 11.4 Å². The van der Waals surface area contributed by atoms with E-state index >= 15 is 0 Å². The summed E-state index contributed by atoms with van der Waals surface area (Å²) in [6.07, 6.45) is 0. The second-order valence-corrected chi connectivity index (χ2v) is 3.85. The number of hydrogen-bond acceptors (Lipinski definition) is 6.